The van der Waals surface area contributed by atoms with Gasteiger partial charge in [-0.05, 0) is 43.2 Å². The van der Waals surface area contributed by atoms with Gasteiger partial charge in [0.05, 0.1) is 5.69 Å². The highest BCUT2D eigenvalue weighted by Crippen LogP contribution is 2.26. The van der Waals surface area contributed by atoms with Crippen molar-refractivity contribution in [2.45, 2.75) is 13.8 Å². The van der Waals surface area contributed by atoms with E-state index < -0.39 is 0 Å². The maximum atomic E-state index is 14.0. The number of aromatic nitrogens is 1. The number of rotatable bonds is 2. The summed E-state index contributed by atoms with van der Waals surface area (Å²) in [6.07, 6.45) is 1.68. The SMILES string of the molecule is C=C(C)c1ccc(-c2ncccc2C)c(F)c1. The lowest BCUT2D eigenvalue weighted by Crippen LogP contribution is -1.92. The molecule has 0 radical (unpaired) electrons. The summed E-state index contributed by atoms with van der Waals surface area (Å²) in [4.78, 5) is 4.22. The average Bonchev–Trinajstić information content (AvgIpc) is 2.30. The lowest BCUT2D eigenvalue weighted by atomic mass is 10.0. The van der Waals surface area contributed by atoms with E-state index in [1.165, 1.54) is 6.07 Å². The highest BCUT2D eigenvalue weighted by molar-refractivity contribution is 5.68. The Morgan fingerprint density at radius 1 is 1.29 bits per heavy atom. The van der Waals surface area contributed by atoms with Crippen LogP contribution in [0.1, 0.15) is 18.1 Å². The zero-order valence-corrected chi connectivity index (χ0v) is 10.00. The zero-order valence-electron chi connectivity index (χ0n) is 10.00. The van der Waals surface area contributed by atoms with E-state index in [0.29, 0.717) is 11.3 Å². The van der Waals surface area contributed by atoms with E-state index in [2.05, 4.69) is 11.6 Å². The van der Waals surface area contributed by atoms with Gasteiger partial charge in [0.15, 0.2) is 0 Å². The summed E-state index contributed by atoms with van der Waals surface area (Å²) in [7, 11) is 0. The predicted molar refractivity (Wildman–Crippen MR) is 69.1 cm³/mol. The number of pyridine rings is 1. The molecule has 86 valence electrons. The van der Waals surface area contributed by atoms with E-state index in [4.69, 9.17) is 0 Å². The van der Waals surface area contributed by atoms with E-state index in [9.17, 15) is 4.39 Å². The lowest BCUT2D eigenvalue weighted by Gasteiger charge is -2.07. The molecule has 0 aliphatic heterocycles. The fraction of sp³-hybridized carbons (Fsp3) is 0.133. The van der Waals surface area contributed by atoms with Crippen molar-refractivity contribution in [1.82, 2.24) is 4.98 Å². The smallest absolute Gasteiger partial charge is 0.133 e. The number of hydrogen-bond acceptors (Lipinski definition) is 1. The van der Waals surface area contributed by atoms with Crippen molar-refractivity contribution in [1.29, 1.82) is 0 Å². The molecule has 0 aliphatic rings. The topological polar surface area (TPSA) is 12.9 Å². The normalized spacial score (nSPS) is 10.3. The molecule has 0 saturated carbocycles. The molecule has 1 heterocycles. The van der Waals surface area contributed by atoms with Gasteiger partial charge in [-0.15, -0.1) is 0 Å². The molecular weight excluding hydrogens is 213 g/mol. The fourth-order valence-electron chi connectivity index (χ4n) is 1.74. The third-order valence-corrected chi connectivity index (χ3v) is 2.73. The van der Waals surface area contributed by atoms with Crippen LogP contribution >= 0.6 is 0 Å². The second-order valence-electron chi connectivity index (χ2n) is 4.14. The quantitative estimate of drug-likeness (QED) is 0.748. The van der Waals surface area contributed by atoms with Crippen LogP contribution in [0.5, 0.6) is 0 Å². The first-order valence-electron chi connectivity index (χ1n) is 5.47. The van der Waals surface area contributed by atoms with Gasteiger partial charge >= 0.3 is 0 Å². The van der Waals surface area contributed by atoms with E-state index in [-0.39, 0.29) is 5.82 Å². The Labute approximate surface area is 101 Å². The van der Waals surface area contributed by atoms with Crippen molar-refractivity contribution in [3.63, 3.8) is 0 Å². The summed E-state index contributed by atoms with van der Waals surface area (Å²) in [6.45, 7) is 7.59. The molecule has 2 aromatic rings. The molecule has 2 heteroatoms. The molecule has 0 amide bonds. The first-order valence-corrected chi connectivity index (χ1v) is 5.47. The Morgan fingerprint density at radius 3 is 2.65 bits per heavy atom. The van der Waals surface area contributed by atoms with Crippen LogP contribution in [0.25, 0.3) is 16.8 Å². The summed E-state index contributed by atoms with van der Waals surface area (Å²) in [5.74, 6) is -0.257. The highest BCUT2D eigenvalue weighted by atomic mass is 19.1. The Kier molecular flexibility index (Phi) is 3.05. The third-order valence-electron chi connectivity index (χ3n) is 2.73. The molecule has 1 aromatic carbocycles. The minimum absolute atomic E-state index is 0.257. The van der Waals surface area contributed by atoms with Crippen molar-refractivity contribution in [3.05, 3.63) is 60.1 Å². The number of nitrogens with zero attached hydrogens (tertiary/aromatic N) is 1. The summed E-state index contributed by atoms with van der Waals surface area (Å²) >= 11 is 0. The minimum Gasteiger partial charge on any atom is -0.256 e. The summed E-state index contributed by atoms with van der Waals surface area (Å²) < 4.78 is 14.0. The van der Waals surface area contributed by atoms with Gasteiger partial charge in [-0.3, -0.25) is 4.98 Å². The third kappa shape index (κ3) is 2.26. The van der Waals surface area contributed by atoms with Gasteiger partial charge in [-0.25, -0.2) is 4.39 Å². The van der Waals surface area contributed by atoms with Crippen LogP contribution in [0.4, 0.5) is 4.39 Å². The van der Waals surface area contributed by atoms with Crippen LogP contribution in [-0.2, 0) is 0 Å². The number of benzene rings is 1. The first-order chi connectivity index (χ1) is 8.09. The van der Waals surface area contributed by atoms with E-state index in [0.717, 1.165) is 16.7 Å². The Hall–Kier alpha value is -1.96. The number of aryl methyl sites for hydroxylation is 1. The minimum atomic E-state index is -0.257. The van der Waals surface area contributed by atoms with Gasteiger partial charge in [0, 0.05) is 11.8 Å². The summed E-state index contributed by atoms with van der Waals surface area (Å²) in [5.41, 5.74) is 3.87. The molecule has 0 unspecified atom stereocenters. The van der Waals surface area contributed by atoms with Crippen molar-refractivity contribution >= 4 is 5.57 Å². The van der Waals surface area contributed by atoms with Crippen LogP contribution in [0.2, 0.25) is 0 Å². The van der Waals surface area contributed by atoms with Crippen LogP contribution in [0.15, 0.2) is 43.1 Å². The largest absolute Gasteiger partial charge is 0.256 e. The monoisotopic (exact) mass is 227 g/mol. The van der Waals surface area contributed by atoms with Crippen molar-refractivity contribution in [3.8, 4) is 11.3 Å². The molecule has 1 aromatic heterocycles. The molecule has 0 aliphatic carbocycles. The summed E-state index contributed by atoms with van der Waals surface area (Å²) in [6, 6.07) is 8.91. The van der Waals surface area contributed by atoms with E-state index in [1.54, 1.807) is 12.3 Å². The van der Waals surface area contributed by atoms with E-state index >= 15 is 0 Å². The zero-order chi connectivity index (χ0) is 12.4. The average molecular weight is 227 g/mol. The number of halogens is 1. The van der Waals surface area contributed by atoms with Crippen LogP contribution in [-0.4, -0.2) is 4.98 Å². The predicted octanol–water partition coefficient (Wildman–Crippen LogP) is 4.23. The molecular formula is C15H14FN. The molecule has 0 saturated heterocycles. The summed E-state index contributed by atoms with van der Waals surface area (Å²) in [5, 5.41) is 0. The Bertz CT molecular complexity index is 573. The van der Waals surface area contributed by atoms with Crippen molar-refractivity contribution < 1.29 is 4.39 Å². The molecule has 0 bridgehead atoms. The molecule has 1 nitrogen and oxygen atoms in total. The first kappa shape index (κ1) is 11.5. The van der Waals surface area contributed by atoms with Gasteiger partial charge in [-0.1, -0.05) is 24.3 Å². The fourth-order valence-corrected chi connectivity index (χ4v) is 1.74. The van der Waals surface area contributed by atoms with Crippen LogP contribution in [0, 0.1) is 12.7 Å². The standard InChI is InChI=1S/C15H14FN/c1-10(2)12-6-7-13(14(16)9-12)15-11(3)5-4-8-17-15/h4-9H,1H2,2-3H3. The molecule has 17 heavy (non-hydrogen) atoms. The second kappa shape index (κ2) is 4.50. The molecule has 2 rings (SSSR count). The molecule has 0 N–H and O–H groups in total. The number of allylic oxidation sites excluding steroid dienone is 1. The number of hydrogen-bond donors (Lipinski definition) is 0. The highest BCUT2D eigenvalue weighted by Gasteiger charge is 2.09. The van der Waals surface area contributed by atoms with Gasteiger partial charge in [0.25, 0.3) is 0 Å². The Morgan fingerprint density at radius 2 is 2.06 bits per heavy atom. The maximum absolute atomic E-state index is 14.0. The van der Waals surface area contributed by atoms with Crippen molar-refractivity contribution in [2.75, 3.05) is 0 Å². The van der Waals surface area contributed by atoms with Crippen LogP contribution in [0.3, 0.4) is 0 Å². The van der Waals surface area contributed by atoms with Gasteiger partial charge in [-0.2, -0.15) is 0 Å². The van der Waals surface area contributed by atoms with Gasteiger partial charge in [0.1, 0.15) is 5.82 Å². The molecule has 0 fully saturated rings. The van der Waals surface area contributed by atoms with Gasteiger partial charge in [0.2, 0.25) is 0 Å². The Balaban J connectivity index is 2.55. The van der Waals surface area contributed by atoms with Crippen molar-refractivity contribution in [2.24, 2.45) is 0 Å². The maximum Gasteiger partial charge on any atom is 0.133 e. The molecule has 0 spiro atoms. The van der Waals surface area contributed by atoms with E-state index in [1.807, 2.05) is 32.0 Å². The lowest BCUT2D eigenvalue weighted by molar-refractivity contribution is 0.630. The molecule has 0 atom stereocenters. The second-order valence-corrected chi connectivity index (χ2v) is 4.14. The van der Waals surface area contributed by atoms with Crippen LogP contribution < -0.4 is 0 Å². The van der Waals surface area contributed by atoms with Gasteiger partial charge < -0.3 is 0 Å².